The zero-order valence-electron chi connectivity index (χ0n) is 15.1. The van der Waals surface area contributed by atoms with E-state index in [-0.39, 0.29) is 6.67 Å². The summed E-state index contributed by atoms with van der Waals surface area (Å²) < 4.78 is 13.3. The second-order valence-electron chi connectivity index (χ2n) is 6.26. The van der Waals surface area contributed by atoms with Crippen molar-refractivity contribution in [1.29, 1.82) is 5.26 Å². The van der Waals surface area contributed by atoms with Crippen LogP contribution in [-0.4, -0.2) is 40.4 Å². The minimum atomic E-state index is -1.30. The van der Waals surface area contributed by atoms with E-state index in [1.807, 2.05) is 0 Å². The molecular weight excluding hydrogens is 357 g/mol. The zero-order valence-corrected chi connectivity index (χ0v) is 15.1. The molecule has 2 N–H and O–H groups in total. The van der Waals surface area contributed by atoms with Gasteiger partial charge in [-0.2, -0.15) is 10.3 Å². The van der Waals surface area contributed by atoms with Crippen LogP contribution in [0.4, 0.5) is 4.39 Å². The lowest BCUT2D eigenvalue weighted by Crippen LogP contribution is -2.57. The number of aliphatic imine (C=N–C) groups is 1. The van der Waals surface area contributed by atoms with Crippen molar-refractivity contribution < 1.29 is 19.4 Å². The maximum Gasteiger partial charge on any atom is 0.295 e. The second-order valence-corrected chi connectivity index (χ2v) is 6.26. The van der Waals surface area contributed by atoms with Crippen LogP contribution < -0.4 is 5.43 Å². The third-order valence-electron chi connectivity index (χ3n) is 4.99. The fourth-order valence-electron chi connectivity index (χ4n) is 3.25. The first-order valence-electron chi connectivity index (χ1n) is 8.55. The highest BCUT2D eigenvalue weighted by molar-refractivity contribution is 5.55. The van der Waals surface area contributed by atoms with Crippen molar-refractivity contribution in [2.75, 3.05) is 6.67 Å². The van der Waals surface area contributed by atoms with E-state index in [2.05, 4.69) is 16.5 Å². The van der Waals surface area contributed by atoms with E-state index in [0.29, 0.717) is 18.4 Å². The number of hydrazine groups is 1. The predicted molar refractivity (Wildman–Crippen MR) is 94.0 cm³/mol. The Bertz CT molecular complexity index is 709. The number of nitrogens with zero attached hydrogens (tertiary/aromatic N) is 4. The highest BCUT2D eigenvalue weighted by Gasteiger charge is 2.47. The van der Waals surface area contributed by atoms with Gasteiger partial charge < -0.3 is 15.4 Å². The maximum atomic E-state index is 13.3. The van der Waals surface area contributed by atoms with Gasteiger partial charge in [0.25, 0.3) is 5.09 Å². The standard InChI is InChI=1S/C17H22FN5O4/c1-3-17(4-2,9-19)16(24)14(22-11-20-10-21-22)15(27-23(25)26)12-5-7-13(18)8-6-12/h5-8,10,14-16,24H,3-4,11H2,1-2H3,(H,20,21). The minimum Gasteiger partial charge on any atom is -0.390 e. The summed E-state index contributed by atoms with van der Waals surface area (Å²) >= 11 is 0. The molecule has 3 unspecified atom stereocenters. The highest BCUT2D eigenvalue weighted by atomic mass is 19.1. The molecule has 0 saturated carbocycles. The quantitative estimate of drug-likeness (QED) is 0.496. The van der Waals surface area contributed by atoms with Crippen LogP contribution in [0.1, 0.15) is 38.4 Å². The third-order valence-corrected chi connectivity index (χ3v) is 4.99. The van der Waals surface area contributed by atoms with Crippen LogP contribution in [0.3, 0.4) is 0 Å². The molecule has 0 amide bonds. The van der Waals surface area contributed by atoms with Crippen molar-refractivity contribution in [1.82, 2.24) is 10.4 Å². The molecule has 1 aliphatic rings. The molecule has 0 aliphatic carbocycles. The fraction of sp³-hybridized carbons (Fsp3) is 0.529. The SMILES string of the molecule is CCC(C#N)(CC)C(O)C(C(O[N+](=O)[O-])c1ccc(F)cc1)N1CN=CN1. The summed E-state index contributed by atoms with van der Waals surface area (Å²) in [6, 6.07) is 6.14. The third kappa shape index (κ3) is 4.32. The number of benzene rings is 1. The Kier molecular flexibility index (Phi) is 6.65. The summed E-state index contributed by atoms with van der Waals surface area (Å²) in [7, 11) is 0. The van der Waals surface area contributed by atoms with Crippen LogP contribution in [0, 0.1) is 32.7 Å². The van der Waals surface area contributed by atoms with Crippen LogP contribution in [0.25, 0.3) is 0 Å². The monoisotopic (exact) mass is 379 g/mol. The van der Waals surface area contributed by atoms with Gasteiger partial charge in [-0.1, -0.05) is 26.0 Å². The zero-order chi connectivity index (χ0) is 20.0. The molecule has 146 valence electrons. The lowest BCUT2D eigenvalue weighted by atomic mass is 9.73. The minimum absolute atomic E-state index is 0.107. The molecule has 0 radical (unpaired) electrons. The molecule has 10 heteroatoms. The lowest BCUT2D eigenvalue weighted by molar-refractivity contribution is -0.773. The Morgan fingerprint density at radius 3 is 2.56 bits per heavy atom. The molecule has 1 aromatic rings. The molecule has 0 aromatic heterocycles. The van der Waals surface area contributed by atoms with E-state index in [0.717, 1.165) is 12.1 Å². The molecule has 1 aliphatic heterocycles. The molecule has 0 saturated heterocycles. The number of aliphatic hydroxyl groups excluding tert-OH is 1. The van der Waals surface area contributed by atoms with Crippen molar-refractivity contribution in [2.45, 2.75) is 44.9 Å². The number of hydrogen-bond acceptors (Lipinski definition) is 8. The maximum absolute atomic E-state index is 13.3. The molecule has 3 atom stereocenters. The van der Waals surface area contributed by atoms with Crippen molar-refractivity contribution >= 4 is 6.34 Å². The predicted octanol–water partition coefficient (Wildman–Crippen LogP) is 1.94. The summed E-state index contributed by atoms with van der Waals surface area (Å²) in [5.74, 6) is -0.508. The normalized spacial score (nSPS) is 17.6. The summed E-state index contributed by atoms with van der Waals surface area (Å²) in [6.07, 6.45) is -0.515. The summed E-state index contributed by atoms with van der Waals surface area (Å²) in [5.41, 5.74) is 1.96. The van der Waals surface area contributed by atoms with Crippen molar-refractivity contribution in [2.24, 2.45) is 10.4 Å². The Morgan fingerprint density at radius 2 is 2.11 bits per heavy atom. The molecular formula is C17H22FN5O4. The fourth-order valence-corrected chi connectivity index (χ4v) is 3.25. The molecule has 0 fully saturated rings. The molecule has 9 nitrogen and oxygen atoms in total. The lowest BCUT2D eigenvalue weighted by Gasteiger charge is -2.41. The van der Waals surface area contributed by atoms with Crippen molar-refractivity contribution in [3.8, 4) is 6.07 Å². The van der Waals surface area contributed by atoms with Gasteiger partial charge in [-0.15, -0.1) is 10.1 Å². The molecule has 2 rings (SSSR count). The number of hydrogen-bond donors (Lipinski definition) is 2. The Morgan fingerprint density at radius 1 is 1.48 bits per heavy atom. The molecule has 0 bridgehead atoms. The van der Waals surface area contributed by atoms with E-state index in [1.165, 1.54) is 23.5 Å². The number of halogens is 1. The molecule has 1 heterocycles. The van der Waals surface area contributed by atoms with E-state index in [9.17, 15) is 24.9 Å². The average molecular weight is 379 g/mol. The largest absolute Gasteiger partial charge is 0.390 e. The Balaban J connectivity index is 2.52. The van der Waals surface area contributed by atoms with Gasteiger partial charge in [0.15, 0.2) is 6.10 Å². The first kappa shape index (κ1) is 20.5. The number of aliphatic hydroxyl groups is 1. The number of nitriles is 1. The summed E-state index contributed by atoms with van der Waals surface area (Å²) in [5, 5.41) is 32.5. The Labute approximate surface area is 156 Å². The van der Waals surface area contributed by atoms with Crippen LogP contribution in [0.5, 0.6) is 0 Å². The summed E-state index contributed by atoms with van der Waals surface area (Å²) in [4.78, 5) is 20.0. The Hall–Kier alpha value is -2.77. The van der Waals surface area contributed by atoms with Gasteiger partial charge in [0.1, 0.15) is 12.5 Å². The van der Waals surface area contributed by atoms with E-state index >= 15 is 0 Å². The van der Waals surface area contributed by atoms with Crippen molar-refractivity contribution in [3.05, 3.63) is 45.8 Å². The van der Waals surface area contributed by atoms with Crippen LogP contribution in [0.2, 0.25) is 0 Å². The number of nitrogens with one attached hydrogen (secondary N) is 1. The van der Waals surface area contributed by atoms with Crippen LogP contribution in [-0.2, 0) is 4.84 Å². The second kappa shape index (κ2) is 8.75. The van der Waals surface area contributed by atoms with E-state index in [4.69, 9.17) is 4.84 Å². The molecule has 0 spiro atoms. The summed E-state index contributed by atoms with van der Waals surface area (Å²) in [6.45, 7) is 3.64. The van der Waals surface area contributed by atoms with Crippen LogP contribution >= 0.6 is 0 Å². The number of rotatable bonds is 9. The molecule has 1 aromatic carbocycles. The van der Waals surface area contributed by atoms with Gasteiger partial charge in [0, 0.05) is 0 Å². The first-order valence-corrected chi connectivity index (χ1v) is 8.55. The van der Waals surface area contributed by atoms with Gasteiger partial charge >= 0.3 is 0 Å². The van der Waals surface area contributed by atoms with E-state index in [1.54, 1.807) is 13.8 Å². The topological polar surface area (TPSA) is 124 Å². The van der Waals surface area contributed by atoms with E-state index < -0.39 is 34.6 Å². The molecule has 27 heavy (non-hydrogen) atoms. The smallest absolute Gasteiger partial charge is 0.295 e. The van der Waals surface area contributed by atoms with Gasteiger partial charge in [0.05, 0.1) is 30.0 Å². The van der Waals surface area contributed by atoms with Gasteiger partial charge in [-0.05, 0) is 30.5 Å². The van der Waals surface area contributed by atoms with Gasteiger partial charge in [-0.3, -0.25) is 4.99 Å². The highest BCUT2D eigenvalue weighted by Crippen LogP contribution is 2.38. The first-order chi connectivity index (χ1) is 12.9. The average Bonchev–Trinajstić information content (AvgIpc) is 3.18. The van der Waals surface area contributed by atoms with Crippen LogP contribution in [0.15, 0.2) is 29.3 Å². The van der Waals surface area contributed by atoms with Gasteiger partial charge in [-0.25, -0.2) is 4.39 Å². The van der Waals surface area contributed by atoms with Crippen molar-refractivity contribution in [3.63, 3.8) is 0 Å². The van der Waals surface area contributed by atoms with Gasteiger partial charge in [0.2, 0.25) is 0 Å².